The first-order chi connectivity index (χ1) is 10.8. The van der Waals surface area contributed by atoms with E-state index >= 15 is 0 Å². The van der Waals surface area contributed by atoms with Crippen molar-refractivity contribution in [2.45, 2.75) is 19.4 Å². The molecule has 2 heterocycles. The molecule has 0 aliphatic carbocycles. The molecule has 0 saturated carbocycles. The fraction of sp³-hybridized carbons (Fsp3) is 0.444. The molecule has 3 rings (SSSR count). The Hall–Kier alpha value is -1.36. The molecular weight excluding hydrogens is 292 g/mol. The summed E-state index contributed by atoms with van der Waals surface area (Å²) in [5, 5.41) is 5.74. The lowest BCUT2D eigenvalue weighted by molar-refractivity contribution is 0.239. The molecule has 1 unspecified atom stereocenters. The minimum atomic E-state index is 0.287. The minimum absolute atomic E-state index is 0.287. The summed E-state index contributed by atoms with van der Waals surface area (Å²) in [6, 6.07) is 11.0. The number of nitrogens with one attached hydrogen (secondary N) is 1. The van der Waals surface area contributed by atoms with Crippen LogP contribution in [0.15, 0.2) is 35.7 Å². The van der Waals surface area contributed by atoms with Crippen molar-refractivity contribution < 1.29 is 4.74 Å². The fourth-order valence-electron chi connectivity index (χ4n) is 3.14. The summed E-state index contributed by atoms with van der Waals surface area (Å²) >= 11 is 1.85. The molecular formula is C18H24N2OS. The number of ether oxygens (including phenoxy) is 1. The van der Waals surface area contributed by atoms with Crippen molar-refractivity contribution >= 4 is 11.3 Å². The van der Waals surface area contributed by atoms with Gasteiger partial charge in [0.15, 0.2) is 0 Å². The molecule has 2 aromatic rings. The van der Waals surface area contributed by atoms with Gasteiger partial charge in [0.25, 0.3) is 0 Å². The minimum Gasteiger partial charge on any atom is -0.496 e. The smallest absolute Gasteiger partial charge is 0.124 e. The highest BCUT2D eigenvalue weighted by Gasteiger charge is 2.26. The molecule has 0 spiro atoms. The Bertz CT molecular complexity index is 603. The van der Waals surface area contributed by atoms with E-state index in [1.807, 2.05) is 17.4 Å². The predicted molar refractivity (Wildman–Crippen MR) is 93.0 cm³/mol. The molecule has 0 radical (unpaired) electrons. The maximum absolute atomic E-state index is 5.64. The zero-order valence-electron chi connectivity index (χ0n) is 13.3. The molecule has 4 heteroatoms. The number of para-hydroxylation sites is 1. The van der Waals surface area contributed by atoms with Gasteiger partial charge >= 0.3 is 0 Å². The third-order valence-electron chi connectivity index (χ3n) is 4.19. The van der Waals surface area contributed by atoms with Crippen LogP contribution in [0.5, 0.6) is 5.75 Å². The van der Waals surface area contributed by atoms with Gasteiger partial charge in [0.2, 0.25) is 0 Å². The van der Waals surface area contributed by atoms with Crippen LogP contribution in [0.3, 0.4) is 0 Å². The first-order valence-corrected chi connectivity index (χ1v) is 8.80. The van der Waals surface area contributed by atoms with Gasteiger partial charge in [-0.3, -0.25) is 4.90 Å². The van der Waals surface area contributed by atoms with Crippen LogP contribution in [-0.4, -0.2) is 38.2 Å². The van der Waals surface area contributed by atoms with Crippen molar-refractivity contribution in [1.29, 1.82) is 0 Å². The summed E-state index contributed by atoms with van der Waals surface area (Å²) in [5.41, 5.74) is 2.61. The maximum Gasteiger partial charge on any atom is 0.124 e. The third-order valence-corrected chi connectivity index (χ3v) is 5.30. The average Bonchev–Trinajstić information content (AvgIpc) is 2.80. The lowest BCUT2D eigenvalue weighted by Gasteiger charge is -2.31. The average molecular weight is 316 g/mol. The van der Waals surface area contributed by atoms with Gasteiger partial charge in [-0.15, -0.1) is 11.3 Å². The van der Waals surface area contributed by atoms with Crippen molar-refractivity contribution in [3.8, 4) is 5.75 Å². The number of methoxy groups -OCH3 is 1. The quantitative estimate of drug-likeness (QED) is 0.935. The standard InChI is InChI=1S/C18H24N2OS/c1-14-12-17(22-13-14)18(20-10-5-8-19-9-11-20)15-6-3-4-7-16(15)21-2/h3-4,6-7,12-13,18-19H,5,8-11H2,1-2H3. The van der Waals surface area contributed by atoms with Gasteiger partial charge in [-0.05, 0) is 43.0 Å². The zero-order chi connectivity index (χ0) is 15.4. The Labute approximate surface area is 136 Å². The summed E-state index contributed by atoms with van der Waals surface area (Å²) in [7, 11) is 1.76. The largest absolute Gasteiger partial charge is 0.496 e. The molecule has 1 fully saturated rings. The van der Waals surface area contributed by atoms with Crippen molar-refractivity contribution in [1.82, 2.24) is 10.2 Å². The van der Waals surface area contributed by atoms with Crippen LogP contribution < -0.4 is 10.1 Å². The van der Waals surface area contributed by atoms with Crippen LogP contribution in [0.25, 0.3) is 0 Å². The van der Waals surface area contributed by atoms with Crippen molar-refractivity contribution in [2.75, 3.05) is 33.3 Å². The van der Waals surface area contributed by atoms with Gasteiger partial charge in [0.1, 0.15) is 5.75 Å². The highest BCUT2D eigenvalue weighted by Crippen LogP contribution is 2.37. The van der Waals surface area contributed by atoms with Crippen LogP contribution in [0.2, 0.25) is 0 Å². The normalized spacial score (nSPS) is 17.9. The van der Waals surface area contributed by atoms with Gasteiger partial charge in [-0.25, -0.2) is 0 Å². The van der Waals surface area contributed by atoms with Gasteiger partial charge in [-0.2, -0.15) is 0 Å². The second kappa shape index (κ2) is 7.27. The Kier molecular flexibility index (Phi) is 5.13. The van der Waals surface area contributed by atoms with E-state index in [2.05, 4.69) is 46.8 Å². The highest BCUT2D eigenvalue weighted by molar-refractivity contribution is 7.10. The Morgan fingerprint density at radius 3 is 2.86 bits per heavy atom. The zero-order valence-corrected chi connectivity index (χ0v) is 14.2. The number of thiophene rings is 1. The van der Waals surface area contributed by atoms with E-state index in [9.17, 15) is 0 Å². The van der Waals surface area contributed by atoms with Gasteiger partial charge in [0, 0.05) is 30.1 Å². The fourth-order valence-corrected chi connectivity index (χ4v) is 4.19. The molecule has 1 N–H and O–H groups in total. The molecule has 118 valence electrons. The molecule has 22 heavy (non-hydrogen) atoms. The molecule has 0 amide bonds. The third kappa shape index (κ3) is 3.35. The van der Waals surface area contributed by atoms with Gasteiger partial charge in [-0.1, -0.05) is 18.2 Å². The first-order valence-electron chi connectivity index (χ1n) is 7.92. The Balaban J connectivity index is 2.01. The molecule has 0 bridgehead atoms. The summed E-state index contributed by atoms with van der Waals surface area (Å²) in [5.74, 6) is 0.982. The number of hydrogen-bond donors (Lipinski definition) is 1. The SMILES string of the molecule is COc1ccccc1C(c1cc(C)cs1)N1CCCNCC1. The van der Waals surface area contributed by atoms with Crippen LogP contribution in [0.4, 0.5) is 0 Å². The Morgan fingerprint density at radius 1 is 1.23 bits per heavy atom. The molecule has 1 saturated heterocycles. The van der Waals surface area contributed by atoms with E-state index in [4.69, 9.17) is 4.74 Å². The number of hydrogen-bond acceptors (Lipinski definition) is 4. The second-order valence-corrected chi connectivity index (χ2v) is 6.75. The van der Waals surface area contributed by atoms with Gasteiger partial charge in [0.05, 0.1) is 13.2 Å². The number of nitrogens with zero attached hydrogens (tertiary/aromatic N) is 1. The van der Waals surface area contributed by atoms with E-state index in [0.717, 1.165) is 31.9 Å². The predicted octanol–water partition coefficient (Wildman–Crippen LogP) is 3.45. The Morgan fingerprint density at radius 2 is 2.09 bits per heavy atom. The van der Waals surface area contributed by atoms with Crippen LogP contribution >= 0.6 is 11.3 Å². The second-order valence-electron chi connectivity index (χ2n) is 5.81. The van der Waals surface area contributed by atoms with E-state index in [1.54, 1.807) is 7.11 Å². The van der Waals surface area contributed by atoms with Crippen molar-refractivity contribution in [2.24, 2.45) is 0 Å². The number of rotatable bonds is 4. The van der Waals surface area contributed by atoms with E-state index in [1.165, 1.54) is 22.4 Å². The van der Waals surface area contributed by atoms with E-state index < -0.39 is 0 Å². The first kappa shape index (κ1) is 15.5. The molecule has 1 aliphatic rings. The lowest BCUT2D eigenvalue weighted by Crippen LogP contribution is -2.32. The van der Waals surface area contributed by atoms with Crippen LogP contribution in [-0.2, 0) is 0 Å². The summed E-state index contributed by atoms with van der Waals surface area (Å²) in [6.07, 6.45) is 1.19. The van der Waals surface area contributed by atoms with E-state index in [0.29, 0.717) is 0 Å². The number of aryl methyl sites for hydroxylation is 1. The topological polar surface area (TPSA) is 24.5 Å². The van der Waals surface area contributed by atoms with Crippen LogP contribution in [0, 0.1) is 6.92 Å². The van der Waals surface area contributed by atoms with Gasteiger partial charge < -0.3 is 10.1 Å². The maximum atomic E-state index is 5.64. The highest BCUT2D eigenvalue weighted by atomic mass is 32.1. The molecule has 1 aromatic heterocycles. The molecule has 1 atom stereocenters. The summed E-state index contributed by atoms with van der Waals surface area (Å²) in [6.45, 7) is 6.52. The monoisotopic (exact) mass is 316 g/mol. The summed E-state index contributed by atoms with van der Waals surface area (Å²) < 4.78 is 5.64. The lowest BCUT2D eigenvalue weighted by atomic mass is 10.0. The van der Waals surface area contributed by atoms with Crippen LogP contribution in [0.1, 0.15) is 28.5 Å². The molecule has 1 aromatic carbocycles. The van der Waals surface area contributed by atoms with Crippen molar-refractivity contribution in [3.05, 3.63) is 51.7 Å². The summed E-state index contributed by atoms with van der Waals surface area (Å²) in [4.78, 5) is 3.99. The van der Waals surface area contributed by atoms with E-state index in [-0.39, 0.29) is 6.04 Å². The number of benzene rings is 1. The molecule has 3 nitrogen and oxygen atoms in total. The molecule has 1 aliphatic heterocycles. The van der Waals surface area contributed by atoms with Crippen molar-refractivity contribution in [3.63, 3.8) is 0 Å².